The van der Waals surface area contributed by atoms with Gasteiger partial charge in [-0.2, -0.15) is 0 Å². The van der Waals surface area contributed by atoms with Crippen LogP contribution in [0.5, 0.6) is 0 Å². The van der Waals surface area contributed by atoms with Gasteiger partial charge in [0.25, 0.3) is 0 Å². The predicted octanol–water partition coefficient (Wildman–Crippen LogP) is 5.33. The first kappa shape index (κ1) is 29.3. The number of hydrogen-bond donors (Lipinski definition) is 4. The average Bonchev–Trinajstić information content (AvgIpc) is 3.22. The number of amides is 1. The maximum Gasteiger partial charge on any atom is 0.239 e. The molecule has 4 aliphatic carbocycles. The average molecular weight is 581 g/mol. The minimum absolute atomic E-state index is 0.0227. The molecule has 10 atom stereocenters. The smallest absolute Gasteiger partial charge is 0.239 e. The largest absolute Gasteiger partial charge is 0.393 e. The fourth-order valence-corrected chi connectivity index (χ4v) is 10.8. The van der Waals surface area contributed by atoms with E-state index in [1.807, 2.05) is 0 Å². The Kier molecular flexibility index (Phi) is 7.95. The summed E-state index contributed by atoms with van der Waals surface area (Å²) in [6, 6.07) is 4.20. The van der Waals surface area contributed by atoms with Gasteiger partial charge in [-0.1, -0.05) is 32.4 Å². The lowest BCUT2D eigenvalue weighted by atomic mass is 9.43. The molecular formula is C30H45ClN2O5S. The number of aliphatic hydroxyl groups is 2. The highest BCUT2D eigenvalue weighted by atomic mass is 35.5. The summed E-state index contributed by atoms with van der Waals surface area (Å²) in [6.45, 7) is 6.99. The predicted molar refractivity (Wildman–Crippen MR) is 152 cm³/mol. The number of hydrogen-bond acceptors (Lipinski definition) is 5. The van der Waals surface area contributed by atoms with Crippen LogP contribution in [0.3, 0.4) is 0 Å². The van der Waals surface area contributed by atoms with E-state index in [1.54, 1.807) is 0 Å². The number of primary sulfonamides is 1. The molecule has 218 valence electrons. The molecule has 39 heavy (non-hydrogen) atoms. The first-order valence-corrected chi connectivity index (χ1v) is 16.7. The minimum Gasteiger partial charge on any atom is -0.393 e. The van der Waals surface area contributed by atoms with Gasteiger partial charge in [0.05, 0.1) is 17.2 Å². The summed E-state index contributed by atoms with van der Waals surface area (Å²) in [5, 5.41) is 30.0. The first-order valence-electron chi connectivity index (χ1n) is 14.7. The van der Waals surface area contributed by atoms with Crippen molar-refractivity contribution in [1.82, 2.24) is 0 Å². The van der Waals surface area contributed by atoms with Gasteiger partial charge in [-0.3, -0.25) is 4.79 Å². The lowest BCUT2D eigenvalue weighted by Crippen LogP contribution is -2.58. The monoisotopic (exact) mass is 580 g/mol. The number of rotatable bonds is 6. The zero-order valence-corrected chi connectivity index (χ0v) is 25.0. The molecule has 4 fully saturated rings. The Morgan fingerprint density at radius 3 is 2.56 bits per heavy atom. The van der Waals surface area contributed by atoms with Crippen LogP contribution >= 0.6 is 11.6 Å². The van der Waals surface area contributed by atoms with Gasteiger partial charge in [-0.15, -0.1) is 0 Å². The van der Waals surface area contributed by atoms with E-state index in [-0.39, 0.29) is 38.9 Å². The van der Waals surface area contributed by atoms with E-state index in [1.165, 1.54) is 31.0 Å². The van der Waals surface area contributed by atoms with Crippen LogP contribution in [0.1, 0.15) is 85.0 Å². The van der Waals surface area contributed by atoms with Crippen LogP contribution in [0.2, 0.25) is 5.02 Å². The lowest BCUT2D eigenvalue weighted by Gasteiger charge is -2.62. The number of sulfonamides is 1. The standard InChI is InChI=1S/C30H45ClN2O5S/c1-17(4-11-28(36)33-19-6-10-26(25(31)15-19)39(32,37)38)22-8-9-23-21-7-5-18-14-20(34)12-13-29(18,2)24(21)16-27(35)30(22,23)3/h6,10,15,17-18,20-24,27,34-35H,4-5,7-9,11-14,16H2,1-3H3,(H,33,36)(H2,32,37,38)/t17-,18-,20-,21+,22-,23+,24+,27+,29+,30-/m1/s1. The van der Waals surface area contributed by atoms with E-state index in [2.05, 4.69) is 26.1 Å². The molecule has 0 aromatic heterocycles. The first-order chi connectivity index (χ1) is 18.2. The fraction of sp³-hybridized carbons (Fsp3) is 0.767. The van der Waals surface area contributed by atoms with Crippen molar-refractivity contribution in [2.45, 2.75) is 102 Å². The number of benzene rings is 1. The van der Waals surface area contributed by atoms with E-state index in [0.717, 1.165) is 44.9 Å². The highest BCUT2D eigenvalue weighted by Gasteiger charge is 2.63. The van der Waals surface area contributed by atoms with Crippen LogP contribution in [0.15, 0.2) is 23.1 Å². The van der Waals surface area contributed by atoms with Crippen LogP contribution < -0.4 is 10.5 Å². The summed E-state index contributed by atoms with van der Waals surface area (Å²) >= 11 is 6.06. The van der Waals surface area contributed by atoms with Crippen molar-refractivity contribution in [3.8, 4) is 0 Å². The van der Waals surface area contributed by atoms with Crippen LogP contribution in [0.25, 0.3) is 0 Å². The molecule has 4 aliphatic rings. The molecule has 0 spiro atoms. The van der Waals surface area contributed by atoms with Crippen molar-refractivity contribution in [1.29, 1.82) is 0 Å². The summed E-state index contributed by atoms with van der Waals surface area (Å²) in [5.41, 5.74) is 0.527. The third-order valence-electron chi connectivity index (χ3n) is 11.9. The second kappa shape index (κ2) is 10.6. The number of nitrogens with two attached hydrogens (primary N) is 1. The normalized spacial score (nSPS) is 40.7. The quantitative estimate of drug-likeness (QED) is 0.361. The third-order valence-corrected chi connectivity index (χ3v) is 13.2. The van der Waals surface area contributed by atoms with Crippen molar-refractivity contribution in [3.63, 3.8) is 0 Å². The van der Waals surface area contributed by atoms with E-state index in [0.29, 0.717) is 47.6 Å². The number of nitrogens with one attached hydrogen (secondary N) is 1. The van der Waals surface area contributed by atoms with Crippen LogP contribution in [0, 0.1) is 46.3 Å². The minimum atomic E-state index is -3.92. The van der Waals surface area contributed by atoms with Crippen molar-refractivity contribution in [2.24, 2.45) is 51.5 Å². The number of halogens is 1. The van der Waals surface area contributed by atoms with Crippen LogP contribution in [-0.2, 0) is 14.8 Å². The van der Waals surface area contributed by atoms with Gasteiger partial charge < -0.3 is 15.5 Å². The zero-order chi connectivity index (χ0) is 28.3. The molecule has 0 saturated heterocycles. The fourth-order valence-electron chi connectivity index (χ4n) is 9.75. The number of anilines is 1. The Morgan fingerprint density at radius 1 is 1.13 bits per heavy atom. The maximum atomic E-state index is 12.8. The van der Waals surface area contributed by atoms with E-state index in [9.17, 15) is 23.4 Å². The second-order valence-electron chi connectivity index (χ2n) is 13.6. The molecule has 1 amide bonds. The van der Waals surface area contributed by atoms with Gasteiger partial charge in [-0.05, 0) is 122 Å². The van der Waals surface area contributed by atoms with Crippen molar-refractivity contribution in [3.05, 3.63) is 23.2 Å². The third kappa shape index (κ3) is 5.18. The number of fused-ring (bicyclic) bond motifs is 5. The topological polar surface area (TPSA) is 130 Å². The molecular weight excluding hydrogens is 536 g/mol. The highest BCUT2D eigenvalue weighted by Crippen LogP contribution is 2.68. The lowest BCUT2D eigenvalue weighted by molar-refractivity contribution is -0.174. The Balaban J connectivity index is 1.23. The number of aliphatic hydroxyl groups excluding tert-OH is 2. The Hall–Kier alpha value is -1.19. The Bertz CT molecular complexity index is 1210. The van der Waals surface area contributed by atoms with Gasteiger partial charge in [0.15, 0.2) is 0 Å². The molecule has 0 aliphatic heterocycles. The zero-order valence-electron chi connectivity index (χ0n) is 23.4. The Morgan fingerprint density at radius 2 is 1.87 bits per heavy atom. The molecule has 7 nitrogen and oxygen atoms in total. The van der Waals surface area contributed by atoms with Crippen molar-refractivity contribution >= 4 is 33.2 Å². The van der Waals surface area contributed by atoms with Crippen LogP contribution in [0.4, 0.5) is 5.69 Å². The summed E-state index contributed by atoms with van der Waals surface area (Å²) < 4.78 is 23.2. The Labute approximate surface area is 238 Å². The van der Waals surface area contributed by atoms with Gasteiger partial charge in [0, 0.05) is 12.1 Å². The molecule has 5 N–H and O–H groups in total. The number of carbonyl (C=O) groups is 1. The van der Waals surface area contributed by atoms with Gasteiger partial charge in [0.2, 0.25) is 15.9 Å². The molecule has 9 heteroatoms. The maximum absolute atomic E-state index is 12.8. The summed E-state index contributed by atoms with van der Waals surface area (Å²) in [6.07, 6.45) is 8.95. The molecule has 0 heterocycles. The number of carbonyl (C=O) groups excluding carboxylic acids is 1. The molecule has 0 radical (unpaired) electrons. The summed E-state index contributed by atoms with van der Waals surface area (Å²) in [4.78, 5) is 12.6. The molecule has 0 bridgehead atoms. The van der Waals surface area contributed by atoms with E-state index in [4.69, 9.17) is 16.7 Å². The molecule has 1 aromatic carbocycles. The highest BCUT2D eigenvalue weighted by molar-refractivity contribution is 7.89. The van der Waals surface area contributed by atoms with Crippen molar-refractivity contribution < 1.29 is 23.4 Å². The van der Waals surface area contributed by atoms with E-state index >= 15 is 0 Å². The van der Waals surface area contributed by atoms with Gasteiger partial charge in [0.1, 0.15) is 4.90 Å². The van der Waals surface area contributed by atoms with Gasteiger partial charge >= 0.3 is 0 Å². The van der Waals surface area contributed by atoms with Crippen molar-refractivity contribution in [2.75, 3.05) is 5.32 Å². The van der Waals surface area contributed by atoms with Gasteiger partial charge in [-0.25, -0.2) is 13.6 Å². The van der Waals surface area contributed by atoms with E-state index < -0.39 is 10.0 Å². The summed E-state index contributed by atoms with van der Waals surface area (Å²) in [7, 11) is -3.92. The second-order valence-corrected chi connectivity index (χ2v) is 15.6. The molecule has 0 unspecified atom stereocenters. The summed E-state index contributed by atoms with van der Waals surface area (Å²) in [5.74, 6) is 2.77. The SMILES string of the molecule is C[C@H](CCC(=O)Nc1ccc(S(N)(=O)=O)c(Cl)c1)[C@H]1CC[C@H]2[C@@H]3CC[C@@H]4C[C@H](O)CC[C@]4(C)[C@H]3C[C@H](O)[C@]12C. The molecule has 4 saturated carbocycles. The molecule has 5 rings (SSSR count). The van der Waals surface area contributed by atoms with Crippen LogP contribution in [-0.4, -0.2) is 36.7 Å². The molecule has 1 aromatic rings.